The van der Waals surface area contributed by atoms with Gasteiger partial charge in [-0.3, -0.25) is 9.69 Å². The second-order valence-corrected chi connectivity index (χ2v) is 8.08. The quantitative estimate of drug-likeness (QED) is 0.542. The molecule has 1 aliphatic heterocycles. The summed E-state index contributed by atoms with van der Waals surface area (Å²) in [7, 11) is 2.91. The molecule has 0 spiro atoms. The van der Waals surface area contributed by atoms with E-state index in [4.69, 9.17) is 9.47 Å². The Kier molecular flexibility index (Phi) is 8.29. The van der Waals surface area contributed by atoms with Crippen molar-refractivity contribution in [1.82, 2.24) is 10.2 Å². The topological polar surface area (TPSA) is 97.0 Å². The first kappa shape index (κ1) is 24.8. The number of rotatable bonds is 9. The zero-order chi connectivity index (χ0) is 24.7. The maximum absolute atomic E-state index is 12.8. The zero-order valence-electron chi connectivity index (χ0n) is 20.0. The summed E-state index contributed by atoms with van der Waals surface area (Å²) in [4.78, 5) is 39.6. The third-order valence-corrected chi connectivity index (χ3v) is 5.76. The van der Waals surface area contributed by atoms with Crippen molar-refractivity contribution in [2.24, 2.45) is 0 Å². The number of benzene rings is 2. The summed E-state index contributed by atoms with van der Waals surface area (Å²) in [6.07, 6.45) is 1.94. The van der Waals surface area contributed by atoms with Crippen molar-refractivity contribution in [2.75, 3.05) is 26.1 Å². The van der Waals surface area contributed by atoms with Crippen LogP contribution in [0.25, 0.3) is 0 Å². The molecule has 8 nitrogen and oxygen atoms in total. The molecule has 0 aromatic heterocycles. The molecule has 1 heterocycles. The van der Waals surface area contributed by atoms with Gasteiger partial charge in [0, 0.05) is 17.9 Å². The molecule has 3 rings (SSSR count). The van der Waals surface area contributed by atoms with Gasteiger partial charge in [0.15, 0.2) is 0 Å². The monoisotopic (exact) mass is 465 g/mol. The average molecular weight is 466 g/mol. The van der Waals surface area contributed by atoms with Gasteiger partial charge in [-0.2, -0.15) is 0 Å². The number of carbonyl (C=O) groups is 3. The van der Waals surface area contributed by atoms with Crippen molar-refractivity contribution in [1.29, 1.82) is 0 Å². The van der Waals surface area contributed by atoms with Crippen LogP contribution < -0.4 is 15.4 Å². The highest BCUT2D eigenvalue weighted by Gasteiger charge is 2.36. The summed E-state index contributed by atoms with van der Waals surface area (Å²) in [5, 5.41) is 5.81. The fourth-order valence-corrected chi connectivity index (χ4v) is 3.92. The largest absolute Gasteiger partial charge is 0.497 e. The van der Waals surface area contributed by atoms with E-state index in [0.29, 0.717) is 29.1 Å². The Labute approximate surface area is 199 Å². The number of anilines is 1. The Morgan fingerprint density at radius 2 is 1.85 bits per heavy atom. The summed E-state index contributed by atoms with van der Waals surface area (Å²) in [5.74, 6) is 0.0444. The van der Waals surface area contributed by atoms with Gasteiger partial charge in [-0.05, 0) is 48.7 Å². The number of hydrogen-bond acceptors (Lipinski definition) is 5. The lowest BCUT2D eigenvalue weighted by atomic mass is 9.94. The van der Waals surface area contributed by atoms with Crippen molar-refractivity contribution in [2.45, 2.75) is 39.2 Å². The third-order valence-electron chi connectivity index (χ3n) is 5.76. The van der Waals surface area contributed by atoms with Crippen molar-refractivity contribution in [3.8, 4) is 5.75 Å². The van der Waals surface area contributed by atoms with E-state index in [2.05, 4.69) is 10.6 Å². The molecule has 1 atom stereocenters. The van der Waals surface area contributed by atoms with E-state index in [1.165, 1.54) is 7.11 Å². The van der Waals surface area contributed by atoms with Gasteiger partial charge in [-0.1, -0.05) is 37.6 Å². The maximum Gasteiger partial charge on any atom is 0.337 e. The normalized spacial score (nSPS) is 15.6. The minimum atomic E-state index is -0.684. The lowest BCUT2D eigenvalue weighted by Gasteiger charge is -2.35. The predicted octanol–water partition coefficient (Wildman–Crippen LogP) is 4.19. The molecule has 0 fully saturated rings. The van der Waals surface area contributed by atoms with Gasteiger partial charge in [0.2, 0.25) is 5.91 Å². The number of ether oxygens (including phenoxy) is 2. The highest BCUT2D eigenvalue weighted by molar-refractivity contribution is 5.95. The van der Waals surface area contributed by atoms with Gasteiger partial charge in [-0.25, -0.2) is 9.59 Å². The number of methoxy groups -OCH3 is 2. The Morgan fingerprint density at radius 3 is 2.50 bits per heavy atom. The summed E-state index contributed by atoms with van der Waals surface area (Å²) < 4.78 is 10.2. The molecule has 2 N–H and O–H groups in total. The highest BCUT2D eigenvalue weighted by atomic mass is 16.5. The van der Waals surface area contributed by atoms with Gasteiger partial charge >= 0.3 is 12.0 Å². The fourth-order valence-electron chi connectivity index (χ4n) is 3.92. The van der Waals surface area contributed by atoms with Gasteiger partial charge in [-0.15, -0.1) is 0 Å². The highest BCUT2D eigenvalue weighted by Crippen LogP contribution is 2.32. The van der Waals surface area contributed by atoms with Crippen molar-refractivity contribution in [3.63, 3.8) is 0 Å². The standard InChI is InChI=1S/C26H31N3O5/c1-5-6-14-29-17(2)23(25(31)34-4)24(28-26(29)32)19-8-7-9-20(16-19)27-22(30)15-18-10-12-21(33-3)13-11-18/h7-13,16,24H,5-6,14-15H2,1-4H3,(H,27,30)(H,28,32). The second-order valence-electron chi connectivity index (χ2n) is 8.08. The Hall–Kier alpha value is -3.81. The summed E-state index contributed by atoms with van der Waals surface area (Å²) in [6, 6.07) is 13.5. The van der Waals surface area contributed by atoms with Crippen LogP contribution in [0.1, 0.15) is 43.9 Å². The van der Waals surface area contributed by atoms with Crippen LogP contribution in [-0.4, -0.2) is 43.6 Å². The van der Waals surface area contributed by atoms with Crippen LogP contribution in [-0.2, 0) is 20.7 Å². The Morgan fingerprint density at radius 1 is 1.12 bits per heavy atom. The molecule has 34 heavy (non-hydrogen) atoms. The van der Waals surface area contributed by atoms with Gasteiger partial charge in [0.1, 0.15) is 5.75 Å². The predicted molar refractivity (Wildman–Crippen MR) is 129 cm³/mol. The van der Waals surface area contributed by atoms with Crippen molar-refractivity contribution < 1.29 is 23.9 Å². The first-order valence-corrected chi connectivity index (χ1v) is 11.3. The molecule has 1 unspecified atom stereocenters. The van der Waals surface area contributed by atoms with Crippen LogP contribution in [0.3, 0.4) is 0 Å². The molecular weight excluding hydrogens is 434 g/mol. The van der Waals surface area contributed by atoms with Crippen LogP contribution in [0, 0.1) is 0 Å². The molecule has 3 amide bonds. The van der Waals surface area contributed by atoms with E-state index in [1.807, 2.05) is 37.3 Å². The number of amides is 3. The third kappa shape index (κ3) is 5.75. The fraction of sp³-hybridized carbons (Fsp3) is 0.346. The molecule has 8 heteroatoms. The minimum Gasteiger partial charge on any atom is -0.497 e. The maximum atomic E-state index is 12.8. The van der Waals surface area contributed by atoms with E-state index in [9.17, 15) is 14.4 Å². The first-order valence-electron chi connectivity index (χ1n) is 11.3. The average Bonchev–Trinajstić information content (AvgIpc) is 2.83. The number of urea groups is 1. The number of nitrogens with one attached hydrogen (secondary N) is 2. The molecule has 2 aromatic rings. The van der Waals surface area contributed by atoms with Crippen LogP contribution >= 0.6 is 0 Å². The number of allylic oxidation sites excluding steroid dienone is 1. The number of esters is 1. The number of unbranched alkanes of at least 4 members (excludes halogenated alkanes) is 1. The molecule has 0 radical (unpaired) electrons. The molecule has 0 saturated heterocycles. The van der Waals surface area contributed by atoms with Gasteiger partial charge in [0.25, 0.3) is 0 Å². The zero-order valence-corrected chi connectivity index (χ0v) is 20.0. The number of hydrogen-bond donors (Lipinski definition) is 2. The number of nitrogens with zero attached hydrogens (tertiary/aromatic N) is 1. The smallest absolute Gasteiger partial charge is 0.337 e. The lowest BCUT2D eigenvalue weighted by molar-refractivity contribution is -0.136. The minimum absolute atomic E-state index is 0.180. The van der Waals surface area contributed by atoms with Gasteiger partial charge < -0.3 is 20.1 Å². The SMILES string of the molecule is CCCCN1C(=O)NC(c2cccc(NC(=O)Cc3ccc(OC)cc3)c2)C(C(=O)OC)=C1C. The van der Waals surface area contributed by atoms with E-state index >= 15 is 0 Å². The lowest BCUT2D eigenvalue weighted by Crippen LogP contribution is -2.48. The van der Waals surface area contributed by atoms with E-state index < -0.39 is 12.0 Å². The van der Waals surface area contributed by atoms with Crippen LogP contribution in [0.2, 0.25) is 0 Å². The molecule has 2 aromatic carbocycles. The summed E-state index contributed by atoms with van der Waals surface area (Å²) in [6.45, 7) is 4.32. The molecule has 0 bridgehead atoms. The van der Waals surface area contributed by atoms with Crippen molar-refractivity contribution >= 4 is 23.6 Å². The van der Waals surface area contributed by atoms with Crippen LogP contribution in [0.15, 0.2) is 59.8 Å². The van der Waals surface area contributed by atoms with Crippen molar-refractivity contribution in [3.05, 3.63) is 70.9 Å². The van der Waals surface area contributed by atoms with E-state index in [1.54, 1.807) is 37.1 Å². The Bertz CT molecular complexity index is 1080. The summed E-state index contributed by atoms with van der Waals surface area (Å²) in [5.41, 5.74) is 3.04. The molecule has 0 aliphatic carbocycles. The first-order chi connectivity index (χ1) is 16.4. The molecule has 1 aliphatic rings. The van der Waals surface area contributed by atoms with E-state index in [0.717, 1.165) is 24.2 Å². The van der Waals surface area contributed by atoms with Crippen LogP contribution in [0.5, 0.6) is 5.75 Å². The second kappa shape index (κ2) is 11.4. The molecule has 0 saturated carbocycles. The van der Waals surface area contributed by atoms with Crippen LogP contribution in [0.4, 0.5) is 10.5 Å². The number of carbonyl (C=O) groups excluding carboxylic acids is 3. The molecule has 180 valence electrons. The van der Waals surface area contributed by atoms with Gasteiger partial charge in [0.05, 0.1) is 32.3 Å². The van der Waals surface area contributed by atoms with E-state index in [-0.39, 0.29) is 18.4 Å². The Balaban J connectivity index is 1.82. The molecular formula is C26H31N3O5. The summed E-state index contributed by atoms with van der Waals surface area (Å²) >= 11 is 0.